The van der Waals surface area contributed by atoms with Gasteiger partial charge in [-0.2, -0.15) is 0 Å². The van der Waals surface area contributed by atoms with Crippen LogP contribution in [0.5, 0.6) is 11.5 Å². The molecule has 2 rings (SSSR count). The maximum absolute atomic E-state index is 6.08. The number of hydrogen-bond donors (Lipinski definition) is 0. The number of benzene rings is 2. The monoisotopic (exact) mass is 334 g/mol. The second-order valence-electron chi connectivity index (χ2n) is 4.04. The summed E-state index contributed by atoms with van der Waals surface area (Å²) in [4.78, 5) is 0. The zero-order valence-electron chi connectivity index (χ0n) is 10.0. The molecule has 0 aliphatic rings. The topological polar surface area (TPSA) is 9.23 Å². The summed E-state index contributed by atoms with van der Waals surface area (Å²) in [6.45, 7) is 1.99. The fourth-order valence-electron chi connectivity index (χ4n) is 1.61. The summed E-state index contributed by atoms with van der Waals surface area (Å²) in [6, 6.07) is 8.90. The Morgan fingerprint density at radius 1 is 0.895 bits per heavy atom. The molecule has 19 heavy (non-hydrogen) atoms. The predicted molar refractivity (Wildman–Crippen MR) is 82.3 cm³/mol. The number of halogens is 4. The summed E-state index contributed by atoms with van der Waals surface area (Å²) in [5.74, 6) is 1.46. The van der Waals surface area contributed by atoms with Crippen molar-refractivity contribution in [2.75, 3.05) is 0 Å². The lowest BCUT2D eigenvalue weighted by Crippen LogP contribution is -1.91. The molecular formula is C14H10Cl4O. The Morgan fingerprint density at radius 3 is 2.26 bits per heavy atom. The molecular weight excluding hydrogens is 326 g/mol. The first-order valence-electron chi connectivity index (χ1n) is 5.49. The van der Waals surface area contributed by atoms with Gasteiger partial charge < -0.3 is 4.74 Å². The summed E-state index contributed by atoms with van der Waals surface area (Å²) in [7, 11) is 0. The van der Waals surface area contributed by atoms with Gasteiger partial charge in [0.15, 0.2) is 0 Å². The standard InChI is InChI=1S/C14H10Cl4O/c1-8-2-3-13(9(4-8)7-15)19-14-6-11(17)10(16)5-12(14)18/h2-6H,7H2,1H3. The fourth-order valence-corrected chi connectivity index (χ4v) is 2.40. The van der Waals surface area contributed by atoms with E-state index in [2.05, 4.69) is 0 Å². The molecule has 0 aromatic heterocycles. The summed E-state index contributed by atoms with van der Waals surface area (Å²) < 4.78 is 5.76. The smallest absolute Gasteiger partial charge is 0.147 e. The van der Waals surface area contributed by atoms with E-state index in [1.165, 1.54) is 0 Å². The Hall–Kier alpha value is -0.600. The highest BCUT2D eigenvalue weighted by molar-refractivity contribution is 6.43. The zero-order chi connectivity index (χ0) is 14.0. The SMILES string of the molecule is Cc1ccc(Oc2cc(Cl)c(Cl)cc2Cl)c(CCl)c1. The van der Waals surface area contributed by atoms with Crippen LogP contribution in [0.4, 0.5) is 0 Å². The summed E-state index contributed by atoms with van der Waals surface area (Å²) in [6.07, 6.45) is 0. The van der Waals surface area contributed by atoms with E-state index in [1.54, 1.807) is 12.1 Å². The van der Waals surface area contributed by atoms with Crippen molar-refractivity contribution in [1.29, 1.82) is 0 Å². The average Bonchev–Trinajstić information content (AvgIpc) is 2.37. The first-order chi connectivity index (χ1) is 9.01. The zero-order valence-corrected chi connectivity index (χ0v) is 13.0. The van der Waals surface area contributed by atoms with Crippen LogP contribution >= 0.6 is 46.4 Å². The minimum Gasteiger partial charge on any atom is -0.455 e. The normalized spacial score (nSPS) is 10.6. The molecule has 1 nitrogen and oxygen atoms in total. The minimum absolute atomic E-state index is 0.357. The van der Waals surface area contributed by atoms with Gasteiger partial charge in [0, 0.05) is 11.6 Å². The van der Waals surface area contributed by atoms with Gasteiger partial charge in [0.05, 0.1) is 20.9 Å². The van der Waals surface area contributed by atoms with E-state index in [9.17, 15) is 0 Å². The molecule has 0 aliphatic carbocycles. The van der Waals surface area contributed by atoms with Crippen LogP contribution in [0.2, 0.25) is 15.1 Å². The van der Waals surface area contributed by atoms with Crippen molar-refractivity contribution in [2.24, 2.45) is 0 Å². The maximum atomic E-state index is 6.08. The van der Waals surface area contributed by atoms with Gasteiger partial charge in [0.1, 0.15) is 11.5 Å². The van der Waals surface area contributed by atoms with E-state index in [-0.39, 0.29) is 0 Å². The van der Waals surface area contributed by atoms with Crippen molar-refractivity contribution in [3.63, 3.8) is 0 Å². The Bertz CT molecular complexity index is 611. The summed E-state index contributed by atoms with van der Waals surface area (Å²) in [5, 5.41) is 1.18. The molecule has 0 radical (unpaired) electrons. The summed E-state index contributed by atoms with van der Waals surface area (Å²) >= 11 is 23.8. The Morgan fingerprint density at radius 2 is 1.58 bits per heavy atom. The molecule has 0 spiro atoms. The lowest BCUT2D eigenvalue weighted by atomic mass is 10.1. The van der Waals surface area contributed by atoms with Crippen molar-refractivity contribution >= 4 is 46.4 Å². The Kier molecular flexibility index (Phi) is 4.86. The van der Waals surface area contributed by atoms with Gasteiger partial charge in [-0.25, -0.2) is 0 Å². The van der Waals surface area contributed by atoms with Crippen molar-refractivity contribution in [2.45, 2.75) is 12.8 Å². The van der Waals surface area contributed by atoms with E-state index in [0.717, 1.165) is 11.1 Å². The third-order valence-corrected chi connectivity index (χ3v) is 3.86. The van der Waals surface area contributed by atoms with Gasteiger partial charge >= 0.3 is 0 Å². The molecule has 2 aromatic carbocycles. The molecule has 0 aliphatic heterocycles. The number of rotatable bonds is 3. The molecule has 5 heteroatoms. The number of alkyl halides is 1. The molecule has 2 aromatic rings. The van der Waals surface area contributed by atoms with Gasteiger partial charge in [-0.1, -0.05) is 52.5 Å². The van der Waals surface area contributed by atoms with E-state index in [1.807, 2.05) is 25.1 Å². The lowest BCUT2D eigenvalue weighted by Gasteiger charge is -2.12. The Labute approximate surface area is 132 Å². The van der Waals surface area contributed by atoms with Crippen LogP contribution in [0.3, 0.4) is 0 Å². The van der Waals surface area contributed by atoms with E-state index < -0.39 is 0 Å². The van der Waals surface area contributed by atoms with Crippen LogP contribution in [0, 0.1) is 6.92 Å². The highest BCUT2D eigenvalue weighted by Gasteiger charge is 2.10. The predicted octanol–water partition coefficient (Wildman–Crippen LogP) is 6.49. The third-order valence-electron chi connectivity index (χ3n) is 2.55. The second-order valence-corrected chi connectivity index (χ2v) is 5.53. The minimum atomic E-state index is 0.357. The molecule has 0 bridgehead atoms. The van der Waals surface area contributed by atoms with Crippen molar-refractivity contribution in [3.8, 4) is 11.5 Å². The van der Waals surface area contributed by atoms with Gasteiger partial charge in [-0.15, -0.1) is 11.6 Å². The lowest BCUT2D eigenvalue weighted by molar-refractivity contribution is 0.478. The van der Waals surface area contributed by atoms with Crippen molar-refractivity contribution in [1.82, 2.24) is 0 Å². The van der Waals surface area contributed by atoms with Crippen LogP contribution in [0.25, 0.3) is 0 Å². The molecule has 0 atom stereocenters. The Balaban J connectivity index is 2.39. The van der Waals surface area contributed by atoms with Gasteiger partial charge in [0.25, 0.3) is 0 Å². The van der Waals surface area contributed by atoms with E-state index in [0.29, 0.717) is 32.4 Å². The highest BCUT2D eigenvalue weighted by Crippen LogP contribution is 2.37. The summed E-state index contributed by atoms with van der Waals surface area (Å²) in [5.41, 5.74) is 2.01. The maximum Gasteiger partial charge on any atom is 0.147 e. The largest absolute Gasteiger partial charge is 0.455 e. The number of aryl methyl sites for hydroxylation is 1. The van der Waals surface area contributed by atoms with Crippen LogP contribution < -0.4 is 4.74 Å². The van der Waals surface area contributed by atoms with E-state index >= 15 is 0 Å². The first-order valence-corrected chi connectivity index (χ1v) is 7.16. The molecule has 100 valence electrons. The molecule has 0 unspecified atom stereocenters. The van der Waals surface area contributed by atoms with Crippen LogP contribution in [0.1, 0.15) is 11.1 Å². The molecule has 0 N–H and O–H groups in total. The van der Waals surface area contributed by atoms with Crippen molar-refractivity contribution in [3.05, 3.63) is 56.5 Å². The van der Waals surface area contributed by atoms with Crippen molar-refractivity contribution < 1.29 is 4.74 Å². The second kappa shape index (κ2) is 6.23. The van der Waals surface area contributed by atoms with Gasteiger partial charge in [0.2, 0.25) is 0 Å². The molecule has 0 heterocycles. The molecule has 0 saturated carbocycles. The molecule has 0 amide bonds. The number of ether oxygens (including phenoxy) is 1. The van der Waals surface area contributed by atoms with Gasteiger partial charge in [-0.05, 0) is 19.1 Å². The third kappa shape index (κ3) is 3.49. The van der Waals surface area contributed by atoms with Crippen LogP contribution in [-0.4, -0.2) is 0 Å². The van der Waals surface area contributed by atoms with Gasteiger partial charge in [-0.3, -0.25) is 0 Å². The first kappa shape index (κ1) is 14.8. The number of hydrogen-bond acceptors (Lipinski definition) is 1. The van der Waals surface area contributed by atoms with Crippen LogP contribution in [-0.2, 0) is 5.88 Å². The van der Waals surface area contributed by atoms with E-state index in [4.69, 9.17) is 51.1 Å². The van der Waals surface area contributed by atoms with Crippen LogP contribution in [0.15, 0.2) is 30.3 Å². The molecule has 0 fully saturated rings. The highest BCUT2D eigenvalue weighted by atomic mass is 35.5. The average molecular weight is 336 g/mol. The fraction of sp³-hybridized carbons (Fsp3) is 0.143. The quantitative estimate of drug-likeness (QED) is 0.460. The molecule has 0 saturated heterocycles.